The largest absolute Gasteiger partial charge is 0.0882 e. The Balaban J connectivity index is 4.08. The average molecular weight is 164 g/mol. The Morgan fingerprint density at radius 2 is 2.08 bits per heavy atom. The van der Waals surface area contributed by atoms with Gasteiger partial charge in [0.2, 0.25) is 0 Å². The summed E-state index contributed by atoms with van der Waals surface area (Å²) >= 11 is 0. The fourth-order valence-electron chi connectivity index (χ4n) is 0.892. The first kappa shape index (κ1) is 11.2. The number of allylic oxidation sites excluding steroid dienone is 6. The van der Waals surface area contributed by atoms with E-state index in [0.717, 1.165) is 6.42 Å². The van der Waals surface area contributed by atoms with Gasteiger partial charge < -0.3 is 0 Å². The summed E-state index contributed by atoms with van der Waals surface area (Å²) in [7, 11) is 0. The minimum absolute atomic E-state index is 0.571. The van der Waals surface area contributed by atoms with Crippen molar-refractivity contribution in [3.63, 3.8) is 0 Å². The first-order valence-electron chi connectivity index (χ1n) is 4.68. The molecule has 0 saturated carbocycles. The normalized spacial score (nSPS) is 16.2. The zero-order valence-electron chi connectivity index (χ0n) is 8.67. The second-order valence-electron chi connectivity index (χ2n) is 3.06. The van der Waals surface area contributed by atoms with Crippen LogP contribution in [-0.2, 0) is 0 Å². The number of hydrogen-bond donors (Lipinski definition) is 0. The van der Waals surface area contributed by atoms with Crippen molar-refractivity contribution in [1.29, 1.82) is 0 Å². The van der Waals surface area contributed by atoms with Crippen LogP contribution in [0.4, 0.5) is 0 Å². The highest BCUT2D eigenvalue weighted by atomic mass is 14.0. The maximum absolute atomic E-state index is 2.26. The second-order valence-corrected chi connectivity index (χ2v) is 3.06. The molecule has 0 heteroatoms. The predicted molar refractivity (Wildman–Crippen MR) is 57.2 cm³/mol. The van der Waals surface area contributed by atoms with Gasteiger partial charge in [-0.3, -0.25) is 0 Å². The molecule has 1 atom stereocenters. The molecule has 0 aromatic heterocycles. The summed E-state index contributed by atoms with van der Waals surface area (Å²) in [6.07, 6.45) is 11.9. The van der Waals surface area contributed by atoms with Gasteiger partial charge in [0.1, 0.15) is 0 Å². The van der Waals surface area contributed by atoms with Crippen molar-refractivity contribution in [2.24, 2.45) is 5.92 Å². The predicted octanol–water partition coefficient (Wildman–Crippen LogP) is 4.11. The Labute approximate surface area is 76.7 Å². The summed E-state index contributed by atoms with van der Waals surface area (Å²) in [5, 5.41) is 0. The molecule has 0 aromatic carbocycles. The van der Waals surface area contributed by atoms with E-state index in [9.17, 15) is 0 Å². The Hall–Kier alpha value is -0.780. The van der Waals surface area contributed by atoms with Crippen molar-refractivity contribution in [2.75, 3.05) is 0 Å². The van der Waals surface area contributed by atoms with Crippen LogP contribution in [0.3, 0.4) is 0 Å². The quantitative estimate of drug-likeness (QED) is 0.433. The average Bonchev–Trinajstić information content (AvgIpc) is 2.10. The van der Waals surface area contributed by atoms with Crippen molar-refractivity contribution >= 4 is 0 Å². The van der Waals surface area contributed by atoms with E-state index in [1.165, 1.54) is 5.57 Å². The summed E-state index contributed by atoms with van der Waals surface area (Å²) in [5.74, 6) is 0.571. The monoisotopic (exact) mass is 164 g/mol. The lowest BCUT2D eigenvalue weighted by Gasteiger charge is -2.04. The first-order valence-corrected chi connectivity index (χ1v) is 4.68. The van der Waals surface area contributed by atoms with Gasteiger partial charge in [0.05, 0.1) is 0 Å². The number of hydrogen-bond acceptors (Lipinski definition) is 0. The van der Waals surface area contributed by atoms with E-state index in [0.29, 0.717) is 5.92 Å². The van der Waals surface area contributed by atoms with Crippen molar-refractivity contribution in [1.82, 2.24) is 0 Å². The molecular weight excluding hydrogens is 144 g/mol. The lowest BCUT2D eigenvalue weighted by Crippen LogP contribution is -1.90. The van der Waals surface area contributed by atoms with Crippen LogP contribution in [0.25, 0.3) is 0 Å². The van der Waals surface area contributed by atoms with Gasteiger partial charge >= 0.3 is 0 Å². The first-order chi connectivity index (χ1) is 5.72. The zero-order chi connectivity index (χ0) is 9.40. The second kappa shape index (κ2) is 6.90. The maximum Gasteiger partial charge on any atom is -0.00513 e. The van der Waals surface area contributed by atoms with E-state index in [2.05, 4.69) is 51.2 Å². The van der Waals surface area contributed by atoms with Crippen LogP contribution in [-0.4, -0.2) is 0 Å². The molecule has 12 heavy (non-hydrogen) atoms. The van der Waals surface area contributed by atoms with E-state index in [1.807, 2.05) is 6.92 Å². The summed E-state index contributed by atoms with van der Waals surface area (Å²) in [5.41, 5.74) is 1.41. The van der Waals surface area contributed by atoms with Gasteiger partial charge in [-0.1, -0.05) is 49.8 Å². The van der Waals surface area contributed by atoms with Crippen molar-refractivity contribution < 1.29 is 0 Å². The molecule has 0 fully saturated rings. The Bertz CT molecular complexity index is 182. The fraction of sp³-hybridized carbons (Fsp3) is 0.500. The molecule has 0 aliphatic heterocycles. The zero-order valence-corrected chi connectivity index (χ0v) is 8.67. The molecular formula is C12H20. The molecule has 0 aliphatic carbocycles. The molecule has 0 saturated heterocycles. The smallest absolute Gasteiger partial charge is 0.00513 e. The van der Waals surface area contributed by atoms with E-state index < -0.39 is 0 Å². The van der Waals surface area contributed by atoms with Gasteiger partial charge in [-0.2, -0.15) is 0 Å². The Morgan fingerprint density at radius 1 is 1.42 bits per heavy atom. The van der Waals surface area contributed by atoms with Crippen LogP contribution >= 0.6 is 0 Å². The molecule has 0 aromatic rings. The standard InChI is InChI=1S/C12H20/c1-5-7-9-11(3)12(4)10-8-6-2/h5,7-10,12H,6H2,1-4H3/b7-5-,10-8-,11-9+. The number of rotatable bonds is 4. The van der Waals surface area contributed by atoms with E-state index >= 15 is 0 Å². The van der Waals surface area contributed by atoms with Gasteiger partial charge in [0.15, 0.2) is 0 Å². The summed E-state index contributed by atoms with van der Waals surface area (Å²) in [6, 6.07) is 0. The molecule has 0 spiro atoms. The van der Waals surface area contributed by atoms with Crippen LogP contribution in [0.2, 0.25) is 0 Å². The Morgan fingerprint density at radius 3 is 2.58 bits per heavy atom. The highest BCUT2D eigenvalue weighted by Gasteiger charge is 1.96. The molecule has 1 unspecified atom stereocenters. The lowest BCUT2D eigenvalue weighted by molar-refractivity contribution is 0.856. The highest BCUT2D eigenvalue weighted by Crippen LogP contribution is 2.11. The Kier molecular flexibility index (Phi) is 6.45. The third-order valence-corrected chi connectivity index (χ3v) is 1.93. The molecule has 0 N–H and O–H groups in total. The molecule has 0 rings (SSSR count). The van der Waals surface area contributed by atoms with Gasteiger partial charge in [-0.25, -0.2) is 0 Å². The van der Waals surface area contributed by atoms with Gasteiger partial charge in [0, 0.05) is 0 Å². The fourth-order valence-corrected chi connectivity index (χ4v) is 0.892. The van der Waals surface area contributed by atoms with Crippen molar-refractivity contribution in [3.8, 4) is 0 Å². The summed E-state index contributed by atoms with van der Waals surface area (Å²) in [6.45, 7) is 8.59. The van der Waals surface area contributed by atoms with Gasteiger partial charge in [0.25, 0.3) is 0 Å². The summed E-state index contributed by atoms with van der Waals surface area (Å²) < 4.78 is 0. The van der Waals surface area contributed by atoms with E-state index in [4.69, 9.17) is 0 Å². The minimum Gasteiger partial charge on any atom is -0.0882 e. The minimum atomic E-state index is 0.571. The van der Waals surface area contributed by atoms with Crippen LogP contribution in [0.15, 0.2) is 36.0 Å². The molecule has 68 valence electrons. The van der Waals surface area contributed by atoms with Crippen molar-refractivity contribution in [3.05, 3.63) is 36.0 Å². The SMILES string of the molecule is C/C=C\C=C(/C)C(C)/C=C\CC. The molecule has 0 heterocycles. The summed E-state index contributed by atoms with van der Waals surface area (Å²) in [4.78, 5) is 0. The van der Waals surface area contributed by atoms with Crippen LogP contribution in [0.1, 0.15) is 34.1 Å². The van der Waals surface area contributed by atoms with Crippen LogP contribution in [0, 0.1) is 5.92 Å². The molecule has 0 aliphatic rings. The van der Waals surface area contributed by atoms with E-state index in [1.54, 1.807) is 0 Å². The molecule has 0 radical (unpaired) electrons. The van der Waals surface area contributed by atoms with E-state index in [-0.39, 0.29) is 0 Å². The van der Waals surface area contributed by atoms with Crippen LogP contribution < -0.4 is 0 Å². The maximum atomic E-state index is 2.26. The highest BCUT2D eigenvalue weighted by molar-refractivity contribution is 5.16. The molecule has 0 amide bonds. The van der Waals surface area contributed by atoms with Crippen LogP contribution in [0.5, 0.6) is 0 Å². The lowest BCUT2D eigenvalue weighted by atomic mass is 10.0. The van der Waals surface area contributed by atoms with Gasteiger partial charge in [-0.05, 0) is 26.2 Å². The molecule has 0 bridgehead atoms. The van der Waals surface area contributed by atoms with Crippen molar-refractivity contribution in [2.45, 2.75) is 34.1 Å². The topological polar surface area (TPSA) is 0 Å². The molecule has 0 nitrogen and oxygen atoms in total. The third-order valence-electron chi connectivity index (χ3n) is 1.93. The third kappa shape index (κ3) is 4.95. The van der Waals surface area contributed by atoms with Gasteiger partial charge in [-0.15, -0.1) is 0 Å².